The van der Waals surface area contributed by atoms with E-state index in [0.717, 1.165) is 54.9 Å². The molecule has 1 saturated heterocycles. The second kappa shape index (κ2) is 9.90. The van der Waals surface area contributed by atoms with Crippen molar-refractivity contribution in [3.05, 3.63) is 52.6 Å². The van der Waals surface area contributed by atoms with Gasteiger partial charge >= 0.3 is 5.97 Å². The van der Waals surface area contributed by atoms with E-state index in [-0.39, 0.29) is 12.0 Å². The molecule has 5 rings (SSSR count). The van der Waals surface area contributed by atoms with Gasteiger partial charge in [-0.3, -0.25) is 5.43 Å². The van der Waals surface area contributed by atoms with E-state index in [1.54, 1.807) is 0 Å². The molecule has 182 valence electrons. The van der Waals surface area contributed by atoms with Gasteiger partial charge < -0.3 is 20.1 Å². The molecule has 2 aromatic rings. The molecule has 0 spiro atoms. The van der Waals surface area contributed by atoms with Crippen molar-refractivity contribution in [1.82, 2.24) is 26.1 Å². The van der Waals surface area contributed by atoms with Crippen LogP contribution in [-0.2, 0) is 16.0 Å². The number of phenols is 1. The largest absolute Gasteiger partial charge is 0.508 e. The van der Waals surface area contributed by atoms with E-state index < -0.39 is 0 Å². The van der Waals surface area contributed by atoms with Gasteiger partial charge in [0.1, 0.15) is 11.6 Å². The van der Waals surface area contributed by atoms with Crippen molar-refractivity contribution in [3.63, 3.8) is 0 Å². The number of carbonyl (C=O) groups is 1. The molecule has 8 heteroatoms. The van der Waals surface area contributed by atoms with Gasteiger partial charge in [0.2, 0.25) is 0 Å². The van der Waals surface area contributed by atoms with Crippen LogP contribution >= 0.6 is 0 Å². The number of aromatic nitrogens is 2. The maximum Gasteiger partial charge on any atom is 0.334 e. The van der Waals surface area contributed by atoms with E-state index in [9.17, 15) is 9.90 Å². The Morgan fingerprint density at radius 2 is 2.12 bits per heavy atom. The van der Waals surface area contributed by atoms with Crippen LogP contribution < -0.4 is 16.2 Å². The third-order valence-electron chi connectivity index (χ3n) is 7.66. The van der Waals surface area contributed by atoms with Crippen LogP contribution in [0.15, 0.2) is 30.0 Å². The fourth-order valence-electron chi connectivity index (χ4n) is 5.95. The molecule has 3 heterocycles. The molecule has 0 bridgehead atoms. The van der Waals surface area contributed by atoms with Gasteiger partial charge in [0.15, 0.2) is 0 Å². The second-order valence-corrected chi connectivity index (χ2v) is 9.57. The SMILES string of the molecule is CCOC(=O)C1=C(c2cnc(C3NNC4CC(c5ccc(O)cc5CC)CCC43)[nH]2)CNCC1. The Morgan fingerprint density at radius 3 is 2.94 bits per heavy atom. The molecule has 1 aromatic carbocycles. The Morgan fingerprint density at radius 1 is 1.24 bits per heavy atom. The lowest BCUT2D eigenvalue weighted by atomic mass is 9.73. The minimum atomic E-state index is -0.227. The van der Waals surface area contributed by atoms with Gasteiger partial charge in [-0.05, 0) is 80.7 Å². The van der Waals surface area contributed by atoms with Crippen molar-refractivity contribution < 1.29 is 14.6 Å². The number of carbonyl (C=O) groups excluding carboxylic acids is 1. The fourth-order valence-corrected chi connectivity index (χ4v) is 5.95. The number of rotatable bonds is 6. The van der Waals surface area contributed by atoms with Crippen LogP contribution in [0.2, 0.25) is 0 Å². The highest BCUT2D eigenvalue weighted by atomic mass is 16.5. The molecule has 3 aliphatic rings. The number of aryl methyl sites for hydroxylation is 1. The molecular weight excluding hydrogens is 430 g/mol. The van der Waals surface area contributed by atoms with Crippen molar-refractivity contribution in [1.29, 1.82) is 0 Å². The van der Waals surface area contributed by atoms with Gasteiger partial charge in [-0.25, -0.2) is 15.2 Å². The molecule has 2 aliphatic heterocycles. The third-order valence-corrected chi connectivity index (χ3v) is 7.66. The van der Waals surface area contributed by atoms with Gasteiger partial charge in [0.05, 0.1) is 24.5 Å². The van der Waals surface area contributed by atoms with Crippen LogP contribution in [0.1, 0.15) is 74.1 Å². The number of esters is 1. The molecule has 1 saturated carbocycles. The normalized spacial score (nSPS) is 27.0. The van der Waals surface area contributed by atoms with Crippen molar-refractivity contribution >= 4 is 11.5 Å². The smallest absolute Gasteiger partial charge is 0.334 e. The zero-order valence-corrected chi connectivity index (χ0v) is 20.0. The zero-order valence-electron chi connectivity index (χ0n) is 20.0. The van der Waals surface area contributed by atoms with E-state index in [0.29, 0.717) is 43.2 Å². The van der Waals surface area contributed by atoms with E-state index in [1.165, 1.54) is 11.1 Å². The van der Waals surface area contributed by atoms with E-state index in [2.05, 4.69) is 34.1 Å². The van der Waals surface area contributed by atoms with Crippen LogP contribution in [0.4, 0.5) is 0 Å². The molecule has 4 atom stereocenters. The lowest BCUT2D eigenvalue weighted by molar-refractivity contribution is -0.138. The van der Waals surface area contributed by atoms with Crippen LogP contribution in [0.25, 0.3) is 5.57 Å². The maximum absolute atomic E-state index is 12.5. The fraction of sp³-hybridized carbons (Fsp3) is 0.538. The summed E-state index contributed by atoms with van der Waals surface area (Å²) in [5.41, 5.74) is 12.2. The van der Waals surface area contributed by atoms with Crippen LogP contribution in [0.3, 0.4) is 0 Å². The number of imidazole rings is 1. The summed E-state index contributed by atoms with van der Waals surface area (Å²) in [6.45, 7) is 5.77. The molecule has 8 nitrogen and oxygen atoms in total. The summed E-state index contributed by atoms with van der Waals surface area (Å²) in [5.74, 6) is 1.96. The molecule has 0 radical (unpaired) electrons. The van der Waals surface area contributed by atoms with Gasteiger partial charge in [-0.15, -0.1) is 0 Å². The minimum absolute atomic E-state index is 0.105. The lowest BCUT2D eigenvalue weighted by Gasteiger charge is -2.33. The molecule has 34 heavy (non-hydrogen) atoms. The summed E-state index contributed by atoms with van der Waals surface area (Å²) >= 11 is 0. The zero-order chi connectivity index (χ0) is 23.7. The van der Waals surface area contributed by atoms with E-state index in [1.807, 2.05) is 25.3 Å². The Bertz CT molecular complexity index is 1080. The highest BCUT2D eigenvalue weighted by Gasteiger charge is 2.42. The predicted octanol–water partition coefficient (Wildman–Crippen LogP) is 3.09. The second-order valence-electron chi connectivity index (χ2n) is 9.57. The Labute approximate surface area is 200 Å². The lowest BCUT2D eigenvalue weighted by Crippen LogP contribution is -2.35. The first-order valence-corrected chi connectivity index (χ1v) is 12.6. The van der Waals surface area contributed by atoms with Crippen LogP contribution in [0, 0.1) is 5.92 Å². The number of ether oxygens (including phenoxy) is 1. The van der Waals surface area contributed by atoms with Gasteiger partial charge in [0.25, 0.3) is 0 Å². The number of hydrogen-bond donors (Lipinski definition) is 5. The summed E-state index contributed by atoms with van der Waals surface area (Å²) in [5, 5.41) is 13.2. The summed E-state index contributed by atoms with van der Waals surface area (Å²) in [4.78, 5) is 20.7. The topological polar surface area (TPSA) is 111 Å². The Hall–Kier alpha value is -2.68. The number of hydrogen-bond acceptors (Lipinski definition) is 7. The standard InChI is InChI=1S/C26H35N5O3/c1-3-15-11-17(32)6-8-18(15)16-5-7-20-22(12-16)30-31-24(20)25-28-14-23(29-25)21-13-27-10-9-19(21)26(33)34-4-2/h6,8,11,14,16,20,22,24,27,30-32H,3-5,7,9-10,12-13H2,1-2H3,(H,28,29). The number of phenolic OH excluding ortho intramolecular Hbond substituents is 1. The van der Waals surface area contributed by atoms with Crippen LogP contribution in [0.5, 0.6) is 5.75 Å². The first-order chi connectivity index (χ1) is 16.6. The quantitative estimate of drug-likeness (QED) is 0.417. The molecule has 1 aliphatic carbocycles. The average Bonchev–Trinajstić information content (AvgIpc) is 3.51. The maximum atomic E-state index is 12.5. The summed E-state index contributed by atoms with van der Waals surface area (Å²) in [7, 11) is 0. The highest BCUT2D eigenvalue weighted by molar-refractivity contribution is 5.98. The number of aromatic hydroxyl groups is 1. The number of hydrazine groups is 1. The van der Waals surface area contributed by atoms with E-state index in [4.69, 9.17) is 9.72 Å². The third kappa shape index (κ3) is 4.37. The van der Waals surface area contributed by atoms with Crippen molar-refractivity contribution in [2.24, 2.45) is 5.92 Å². The van der Waals surface area contributed by atoms with Crippen molar-refractivity contribution in [2.75, 3.05) is 19.7 Å². The van der Waals surface area contributed by atoms with Gasteiger partial charge in [0, 0.05) is 23.7 Å². The number of fused-ring (bicyclic) bond motifs is 1. The number of benzene rings is 1. The first kappa shape index (κ1) is 23.1. The average molecular weight is 466 g/mol. The van der Waals surface area contributed by atoms with Crippen molar-refractivity contribution in [3.8, 4) is 5.75 Å². The molecule has 0 amide bonds. The highest BCUT2D eigenvalue weighted by Crippen LogP contribution is 2.44. The Balaban J connectivity index is 1.32. The summed E-state index contributed by atoms with van der Waals surface area (Å²) in [6, 6.07) is 6.29. The van der Waals surface area contributed by atoms with E-state index >= 15 is 0 Å². The monoisotopic (exact) mass is 465 g/mol. The summed E-state index contributed by atoms with van der Waals surface area (Å²) < 4.78 is 5.28. The van der Waals surface area contributed by atoms with Crippen molar-refractivity contribution in [2.45, 2.75) is 64.0 Å². The number of nitrogens with one attached hydrogen (secondary N) is 4. The molecule has 5 N–H and O–H groups in total. The molecular formula is C26H35N5O3. The number of nitrogens with zero attached hydrogens (tertiary/aromatic N) is 1. The molecule has 1 aromatic heterocycles. The number of aromatic amines is 1. The predicted molar refractivity (Wildman–Crippen MR) is 130 cm³/mol. The molecule has 4 unspecified atom stereocenters. The van der Waals surface area contributed by atoms with Gasteiger partial charge in [-0.1, -0.05) is 13.0 Å². The van der Waals surface area contributed by atoms with Gasteiger partial charge in [-0.2, -0.15) is 0 Å². The molecule has 2 fully saturated rings. The Kier molecular flexibility index (Phi) is 6.72. The minimum Gasteiger partial charge on any atom is -0.508 e. The first-order valence-electron chi connectivity index (χ1n) is 12.6. The van der Waals surface area contributed by atoms with Crippen LogP contribution in [-0.4, -0.2) is 46.8 Å². The summed E-state index contributed by atoms with van der Waals surface area (Å²) in [6.07, 6.45) is 6.71. The number of H-pyrrole nitrogens is 1.